The topological polar surface area (TPSA) is 55.6 Å². The highest BCUT2D eigenvalue weighted by atomic mass is 15.4. The molecule has 2 aromatic heterocycles. The van der Waals surface area contributed by atoms with E-state index in [9.17, 15) is 0 Å². The number of pyridine rings is 1. The van der Waals surface area contributed by atoms with Crippen molar-refractivity contribution in [3.63, 3.8) is 0 Å². The number of rotatable bonds is 4. The molecule has 0 radical (unpaired) electrons. The molecule has 2 heterocycles. The van der Waals surface area contributed by atoms with E-state index in [1.54, 1.807) is 4.68 Å². The fraction of sp³-hybridized carbons (Fsp3) is 0.312. The second kappa shape index (κ2) is 5.61. The van der Waals surface area contributed by atoms with Gasteiger partial charge in [0.05, 0.1) is 22.9 Å². The van der Waals surface area contributed by atoms with Crippen LogP contribution in [0.3, 0.4) is 0 Å². The minimum absolute atomic E-state index is 0.130. The van der Waals surface area contributed by atoms with E-state index in [-0.39, 0.29) is 6.04 Å². The molecular weight excluding hydrogens is 262 g/mol. The molecular formula is C16H19N5. The molecule has 1 atom stereocenters. The first-order chi connectivity index (χ1) is 10.2. The summed E-state index contributed by atoms with van der Waals surface area (Å²) in [5.41, 5.74) is 4.28. The maximum absolute atomic E-state index is 4.79. The first-order valence-electron chi connectivity index (χ1n) is 7.06. The molecule has 0 fully saturated rings. The summed E-state index contributed by atoms with van der Waals surface area (Å²) < 4.78 is 1.72. The molecule has 1 unspecified atom stereocenters. The molecule has 0 aliphatic carbocycles. The van der Waals surface area contributed by atoms with E-state index in [0.29, 0.717) is 0 Å². The maximum atomic E-state index is 4.79. The zero-order valence-corrected chi connectivity index (χ0v) is 12.5. The zero-order chi connectivity index (χ0) is 14.8. The lowest BCUT2D eigenvalue weighted by molar-refractivity contribution is 0.569. The van der Waals surface area contributed by atoms with Gasteiger partial charge in [0.2, 0.25) is 0 Å². The third-order valence-corrected chi connectivity index (χ3v) is 3.71. The van der Waals surface area contributed by atoms with Crippen LogP contribution in [-0.4, -0.2) is 27.0 Å². The lowest BCUT2D eigenvalue weighted by Gasteiger charge is -2.16. The van der Waals surface area contributed by atoms with Crippen LogP contribution in [0.5, 0.6) is 0 Å². The van der Waals surface area contributed by atoms with Gasteiger partial charge in [-0.25, -0.2) is 0 Å². The first-order valence-corrected chi connectivity index (χ1v) is 7.06. The molecule has 108 valence electrons. The fourth-order valence-electron chi connectivity index (χ4n) is 2.61. The number of hydrogen-bond donors (Lipinski definition) is 1. The highest BCUT2D eigenvalue weighted by Gasteiger charge is 2.15. The lowest BCUT2D eigenvalue weighted by atomic mass is 10.0. The normalized spacial score (nSPS) is 12.7. The molecule has 0 spiro atoms. The monoisotopic (exact) mass is 281 g/mol. The molecule has 3 rings (SSSR count). The van der Waals surface area contributed by atoms with Crippen LogP contribution in [0, 0.1) is 6.92 Å². The van der Waals surface area contributed by atoms with Gasteiger partial charge in [0.1, 0.15) is 0 Å². The largest absolute Gasteiger partial charge is 0.311 e. The van der Waals surface area contributed by atoms with Gasteiger partial charge < -0.3 is 5.32 Å². The van der Waals surface area contributed by atoms with Crippen molar-refractivity contribution in [2.24, 2.45) is 7.05 Å². The minimum atomic E-state index is 0.130. The summed E-state index contributed by atoms with van der Waals surface area (Å²) >= 11 is 0. The number of nitrogens with zero attached hydrogens (tertiary/aromatic N) is 4. The van der Waals surface area contributed by atoms with Crippen molar-refractivity contribution in [1.82, 2.24) is 25.3 Å². The van der Waals surface area contributed by atoms with E-state index in [1.165, 1.54) is 10.9 Å². The van der Waals surface area contributed by atoms with Gasteiger partial charge >= 0.3 is 0 Å². The molecule has 5 heteroatoms. The molecule has 1 N–H and O–H groups in total. The van der Waals surface area contributed by atoms with Crippen LogP contribution in [0.2, 0.25) is 0 Å². The van der Waals surface area contributed by atoms with Gasteiger partial charge in [-0.1, -0.05) is 23.4 Å². The Kier molecular flexibility index (Phi) is 3.66. The van der Waals surface area contributed by atoms with Crippen LogP contribution in [0.1, 0.15) is 23.0 Å². The molecule has 5 nitrogen and oxygen atoms in total. The Morgan fingerprint density at radius 2 is 2.10 bits per heavy atom. The number of fused-ring (bicyclic) bond motifs is 1. The smallest absolute Gasteiger partial charge is 0.0846 e. The summed E-state index contributed by atoms with van der Waals surface area (Å²) in [5, 5.41) is 12.7. The average Bonchev–Trinajstić information content (AvgIpc) is 2.90. The zero-order valence-electron chi connectivity index (χ0n) is 12.5. The Morgan fingerprint density at radius 1 is 1.29 bits per heavy atom. The van der Waals surface area contributed by atoms with Crippen LogP contribution < -0.4 is 5.32 Å². The Hall–Kier alpha value is -2.27. The van der Waals surface area contributed by atoms with E-state index >= 15 is 0 Å². The lowest BCUT2D eigenvalue weighted by Crippen LogP contribution is -2.20. The minimum Gasteiger partial charge on any atom is -0.311 e. The van der Waals surface area contributed by atoms with Crippen molar-refractivity contribution in [2.45, 2.75) is 19.4 Å². The van der Waals surface area contributed by atoms with Gasteiger partial charge in [-0.3, -0.25) is 9.67 Å². The number of aryl methyl sites for hydroxylation is 2. The molecule has 3 aromatic rings. The SMILES string of the molecule is CNC(Cc1cn(C)nn1)c1cc(C)c2ccccc2n1. The quantitative estimate of drug-likeness (QED) is 0.796. The van der Waals surface area contributed by atoms with Crippen molar-refractivity contribution in [2.75, 3.05) is 7.05 Å². The number of likely N-dealkylation sites (N-methyl/N-ethyl adjacent to an activating group) is 1. The van der Waals surface area contributed by atoms with E-state index in [0.717, 1.165) is 23.3 Å². The third-order valence-electron chi connectivity index (χ3n) is 3.71. The van der Waals surface area contributed by atoms with E-state index < -0.39 is 0 Å². The van der Waals surface area contributed by atoms with Crippen molar-refractivity contribution in [3.8, 4) is 0 Å². The molecule has 0 aliphatic rings. The van der Waals surface area contributed by atoms with Crippen LogP contribution in [-0.2, 0) is 13.5 Å². The molecule has 21 heavy (non-hydrogen) atoms. The van der Waals surface area contributed by atoms with Crippen LogP contribution >= 0.6 is 0 Å². The molecule has 1 aromatic carbocycles. The summed E-state index contributed by atoms with van der Waals surface area (Å²) in [5.74, 6) is 0. The predicted octanol–water partition coefficient (Wildman–Crippen LogP) is 2.17. The van der Waals surface area contributed by atoms with Crippen molar-refractivity contribution in [1.29, 1.82) is 0 Å². The van der Waals surface area contributed by atoms with E-state index in [2.05, 4.69) is 40.8 Å². The van der Waals surface area contributed by atoms with Gasteiger partial charge in [-0.2, -0.15) is 0 Å². The van der Waals surface area contributed by atoms with Crippen molar-refractivity contribution < 1.29 is 0 Å². The Balaban J connectivity index is 1.96. The van der Waals surface area contributed by atoms with Crippen LogP contribution in [0.25, 0.3) is 10.9 Å². The summed E-state index contributed by atoms with van der Waals surface area (Å²) in [6.07, 6.45) is 2.72. The van der Waals surface area contributed by atoms with Gasteiger partial charge in [0, 0.05) is 25.1 Å². The van der Waals surface area contributed by atoms with Gasteiger partial charge in [-0.05, 0) is 31.7 Å². The third kappa shape index (κ3) is 2.78. The molecule has 0 saturated heterocycles. The van der Waals surface area contributed by atoms with Crippen molar-refractivity contribution in [3.05, 3.63) is 53.5 Å². The highest BCUT2D eigenvalue weighted by molar-refractivity contribution is 5.82. The number of para-hydroxylation sites is 1. The standard InChI is InChI=1S/C16H19N5/c1-11-8-16(18-14-7-5-4-6-13(11)14)15(17-2)9-12-10-21(3)20-19-12/h4-8,10,15,17H,9H2,1-3H3. The van der Waals surface area contributed by atoms with Crippen LogP contribution in [0.4, 0.5) is 0 Å². The molecule has 0 bridgehead atoms. The summed E-state index contributed by atoms with van der Waals surface area (Å²) in [7, 11) is 3.83. The summed E-state index contributed by atoms with van der Waals surface area (Å²) in [6.45, 7) is 2.13. The Labute approximate surface area is 124 Å². The number of nitrogens with one attached hydrogen (secondary N) is 1. The van der Waals surface area contributed by atoms with Gasteiger partial charge in [0.15, 0.2) is 0 Å². The maximum Gasteiger partial charge on any atom is 0.0846 e. The Morgan fingerprint density at radius 3 is 2.81 bits per heavy atom. The number of hydrogen-bond acceptors (Lipinski definition) is 4. The van der Waals surface area contributed by atoms with Crippen LogP contribution in [0.15, 0.2) is 36.5 Å². The van der Waals surface area contributed by atoms with Crippen molar-refractivity contribution >= 4 is 10.9 Å². The van der Waals surface area contributed by atoms with E-state index in [1.807, 2.05) is 32.4 Å². The second-order valence-electron chi connectivity index (χ2n) is 5.31. The summed E-state index contributed by atoms with van der Waals surface area (Å²) in [4.78, 5) is 4.79. The molecule has 0 amide bonds. The molecule has 0 aliphatic heterocycles. The highest BCUT2D eigenvalue weighted by Crippen LogP contribution is 2.22. The van der Waals surface area contributed by atoms with Gasteiger partial charge in [0.25, 0.3) is 0 Å². The number of benzene rings is 1. The average molecular weight is 281 g/mol. The first kappa shape index (κ1) is 13.7. The summed E-state index contributed by atoms with van der Waals surface area (Å²) in [6, 6.07) is 10.5. The Bertz CT molecular complexity index is 762. The molecule has 0 saturated carbocycles. The van der Waals surface area contributed by atoms with Gasteiger partial charge in [-0.15, -0.1) is 5.10 Å². The number of aromatic nitrogens is 4. The second-order valence-corrected chi connectivity index (χ2v) is 5.31. The fourth-order valence-corrected chi connectivity index (χ4v) is 2.61. The van der Waals surface area contributed by atoms with E-state index in [4.69, 9.17) is 4.98 Å². The predicted molar refractivity (Wildman–Crippen MR) is 83.0 cm³/mol.